The van der Waals surface area contributed by atoms with Crippen LogP contribution in [-0.4, -0.2) is 44.2 Å². The van der Waals surface area contributed by atoms with Gasteiger partial charge in [0.05, 0.1) is 17.9 Å². The van der Waals surface area contributed by atoms with E-state index < -0.39 is 6.10 Å². The summed E-state index contributed by atoms with van der Waals surface area (Å²) in [6.45, 7) is 5.63. The molecule has 0 bridgehead atoms. The number of anilines is 1. The van der Waals surface area contributed by atoms with Gasteiger partial charge in [-0.2, -0.15) is 0 Å². The molecule has 1 aliphatic heterocycles. The molecule has 0 aliphatic carbocycles. The highest BCUT2D eigenvalue weighted by atomic mass is 35.5. The number of hydrogen-bond donors (Lipinski definition) is 3. The van der Waals surface area contributed by atoms with Crippen LogP contribution in [0.5, 0.6) is 0 Å². The maximum atomic E-state index is 12.1. The molecule has 3 N–H and O–H groups in total. The number of halogens is 1. The fourth-order valence-electron chi connectivity index (χ4n) is 2.00. The number of carbonyl (C=O) groups excluding carboxylic acids is 2. The predicted octanol–water partition coefficient (Wildman–Crippen LogP) is 0.951. The number of benzene rings is 1. The zero-order valence-electron chi connectivity index (χ0n) is 12.1. The molecule has 7 heteroatoms. The molecule has 0 aromatic heterocycles. The van der Waals surface area contributed by atoms with Crippen LogP contribution >= 0.6 is 12.4 Å². The Labute approximate surface area is 135 Å². The second-order valence-corrected chi connectivity index (χ2v) is 4.60. The molecule has 1 saturated heterocycles. The first-order valence-electron chi connectivity index (χ1n) is 6.83. The van der Waals surface area contributed by atoms with Crippen molar-refractivity contribution in [3.05, 3.63) is 42.5 Å². The second kappa shape index (κ2) is 9.19. The molecule has 1 atom stereocenters. The van der Waals surface area contributed by atoms with Gasteiger partial charge in [-0.15, -0.1) is 19.0 Å². The first-order valence-corrected chi connectivity index (χ1v) is 6.83. The highest BCUT2D eigenvalue weighted by Crippen LogP contribution is 2.15. The van der Waals surface area contributed by atoms with E-state index in [4.69, 9.17) is 4.74 Å². The Morgan fingerprint density at radius 3 is 2.86 bits per heavy atom. The molecular weight excluding hydrogens is 306 g/mol. The van der Waals surface area contributed by atoms with E-state index in [1.807, 2.05) is 0 Å². The largest absolute Gasteiger partial charge is 0.366 e. The van der Waals surface area contributed by atoms with Gasteiger partial charge in [-0.1, -0.05) is 18.2 Å². The summed E-state index contributed by atoms with van der Waals surface area (Å²) in [5.41, 5.74) is 0.884. The summed E-state index contributed by atoms with van der Waals surface area (Å²) in [5.74, 6) is -0.514. The standard InChI is InChI=1S/C15H19N3O3.ClH/c1-2-7-17-14(19)11-5-3-4-6-12(11)18-15(20)13-10-16-8-9-21-13;/h2-6,13,16H,1,7-10H2,(H,17,19)(H,18,20);1H. The smallest absolute Gasteiger partial charge is 0.254 e. The Balaban J connectivity index is 0.00000242. The molecule has 2 amide bonds. The molecule has 0 spiro atoms. The fourth-order valence-corrected chi connectivity index (χ4v) is 2.00. The van der Waals surface area contributed by atoms with Gasteiger partial charge in [0.25, 0.3) is 11.8 Å². The van der Waals surface area contributed by atoms with Crippen LogP contribution in [0.3, 0.4) is 0 Å². The highest BCUT2D eigenvalue weighted by molar-refractivity contribution is 6.04. The number of para-hydroxylation sites is 1. The van der Waals surface area contributed by atoms with Gasteiger partial charge >= 0.3 is 0 Å². The van der Waals surface area contributed by atoms with E-state index in [2.05, 4.69) is 22.5 Å². The molecule has 1 aromatic rings. The average Bonchev–Trinajstić information content (AvgIpc) is 2.54. The number of amides is 2. The lowest BCUT2D eigenvalue weighted by molar-refractivity contribution is -0.128. The number of rotatable bonds is 5. The fraction of sp³-hybridized carbons (Fsp3) is 0.333. The number of ether oxygens (including phenoxy) is 1. The first-order chi connectivity index (χ1) is 10.2. The van der Waals surface area contributed by atoms with E-state index in [0.717, 1.165) is 6.54 Å². The van der Waals surface area contributed by atoms with Crippen LogP contribution in [0.2, 0.25) is 0 Å². The number of hydrogen-bond acceptors (Lipinski definition) is 4. The van der Waals surface area contributed by atoms with Gasteiger partial charge < -0.3 is 20.7 Å². The molecule has 2 rings (SSSR count). The van der Waals surface area contributed by atoms with Crippen molar-refractivity contribution in [3.63, 3.8) is 0 Å². The summed E-state index contributed by atoms with van der Waals surface area (Å²) in [7, 11) is 0. The highest BCUT2D eigenvalue weighted by Gasteiger charge is 2.23. The van der Waals surface area contributed by atoms with E-state index in [0.29, 0.717) is 30.9 Å². The zero-order chi connectivity index (χ0) is 15.1. The molecule has 1 unspecified atom stereocenters. The summed E-state index contributed by atoms with van der Waals surface area (Å²) in [6, 6.07) is 6.86. The van der Waals surface area contributed by atoms with Crippen molar-refractivity contribution in [2.45, 2.75) is 6.10 Å². The van der Waals surface area contributed by atoms with Gasteiger partial charge in [-0.3, -0.25) is 9.59 Å². The van der Waals surface area contributed by atoms with E-state index in [9.17, 15) is 9.59 Å². The lowest BCUT2D eigenvalue weighted by Crippen LogP contribution is -2.45. The van der Waals surface area contributed by atoms with E-state index in [1.54, 1.807) is 30.3 Å². The summed E-state index contributed by atoms with van der Waals surface area (Å²) >= 11 is 0. The van der Waals surface area contributed by atoms with E-state index in [1.165, 1.54) is 0 Å². The van der Waals surface area contributed by atoms with E-state index >= 15 is 0 Å². The van der Waals surface area contributed by atoms with Crippen LogP contribution in [0.1, 0.15) is 10.4 Å². The molecule has 0 radical (unpaired) electrons. The van der Waals surface area contributed by atoms with Gasteiger partial charge in [0.2, 0.25) is 0 Å². The van der Waals surface area contributed by atoms with Gasteiger partial charge in [0.15, 0.2) is 0 Å². The SMILES string of the molecule is C=CCNC(=O)c1ccccc1NC(=O)C1CNCCO1.Cl. The van der Waals surface area contributed by atoms with Gasteiger partial charge in [0.1, 0.15) is 6.10 Å². The summed E-state index contributed by atoms with van der Waals surface area (Å²) in [6.07, 6.45) is 1.06. The van der Waals surface area contributed by atoms with Crippen LogP contribution in [0.25, 0.3) is 0 Å². The Hall–Kier alpha value is -1.89. The second-order valence-electron chi connectivity index (χ2n) is 4.60. The Kier molecular flexibility index (Phi) is 7.59. The van der Waals surface area contributed by atoms with E-state index in [-0.39, 0.29) is 24.2 Å². The minimum atomic E-state index is -0.539. The van der Waals surface area contributed by atoms with Crippen molar-refractivity contribution < 1.29 is 14.3 Å². The van der Waals surface area contributed by atoms with Crippen molar-refractivity contribution in [1.29, 1.82) is 0 Å². The molecule has 1 aromatic carbocycles. The normalized spacial score (nSPS) is 17.0. The summed E-state index contributed by atoms with van der Waals surface area (Å²) < 4.78 is 5.39. The van der Waals surface area contributed by atoms with Crippen LogP contribution in [0.4, 0.5) is 5.69 Å². The molecule has 1 heterocycles. The number of carbonyl (C=O) groups is 2. The molecule has 6 nitrogen and oxygen atoms in total. The van der Waals surface area contributed by atoms with Gasteiger partial charge in [0, 0.05) is 19.6 Å². The molecule has 1 aliphatic rings. The van der Waals surface area contributed by atoms with Gasteiger partial charge in [-0.05, 0) is 12.1 Å². The third kappa shape index (κ3) is 4.84. The van der Waals surface area contributed by atoms with Gasteiger partial charge in [-0.25, -0.2) is 0 Å². The zero-order valence-corrected chi connectivity index (χ0v) is 12.9. The van der Waals surface area contributed by atoms with Crippen molar-refractivity contribution >= 4 is 29.9 Å². The Morgan fingerprint density at radius 2 is 2.18 bits per heavy atom. The van der Waals surface area contributed by atoms with Crippen LogP contribution in [-0.2, 0) is 9.53 Å². The van der Waals surface area contributed by atoms with Crippen molar-refractivity contribution in [3.8, 4) is 0 Å². The van der Waals surface area contributed by atoms with Crippen LogP contribution in [0, 0.1) is 0 Å². The minimum Gasteiger partial charge on any atom is -0.366 e. The summed E-state index contributed by atoms with van der Waals surface area (Å²) in [5, 5.41) is 8.53. The maximum Gasteiger partial charge on any atom is 0.254 e. The molecule has 1 fully saturated rings. The minimum absolute atomic E-state index is 0. The lowest BCUT2D eigenvalue weighted by atomic mass is 10.1. The predicted molar refractivity (Wildman–Crippen MR) is 87.5 cm³/mol. The Bertz CT molecular complexity index is 531. The quantitative estimate of drug-likeness (QED) is 0.704. The van der Waals surface area contributed by atoms with Crippen molar-refractivity contribution in [2.24, 2.45) is 0 Å². The van der Waals surface area contributed by atoms with Crippen LogP contribution in [0.15, 0.2) is 36.9 Å². The molecule has 22 heavy (non-hydrogen) atoms. The third-order valence-electron chi connectivity index (χ3n) is 3.06. The third-order valence-corrected chi connectivity index (χ3v) is 3.06. The number of nitrogens with one attached hydrogen (secondary N) is 3. The summed E-state index contributed by atoms with van der Waals surface area (Å²) in [4.78, 5) is 24.2. The molecule has 0 saturated carbocycles. The van der Waals surface area contributed by atoms with Crippen LogP contribution < -0.4 is 16.0 Å². The molecule has 120 valence electrons. The monoisotopic (exact) mass is 325 g/mol. The maximum absolute atomic E-state index is 12.1. The lowest BCUT2D eigenvalue weighted by Gasteiger charge is -2.23. The number of morpholine rings is 1. The topological polar surface area (TPSA) is 79.5 Å². The Morgan fingerprint density at radius 1 is 1.41 bits per heavy atom. The van der Waals surface area contributed by atoms with Crippen molar-refractivity contribution in [2.75, 3.05) is 31.6 Å². The van der Waals surface area contributed by atoms with Crippen molar-refractivity contribution in [1.82, 2.24) is 10.6 Å². The first kappa shape index (κ1) is 18.2. The molecular formula is C15H20ClN3O3. The average molecular weight is 326 g/mol.